The highest BCUT2D eigenvalue weighted by Crippen LogP contribution is 2.34. The van der Waals surface area contributed by atoms with E-state index in [1.54, 1.807) is 31.4 Å². The molecule has 4 aromatic rings. The Kier molecular flexibility index (Phi) is 5.29. The van der Waals surface area contributed by atoms with E-state index >= 15 is 0 Å². The highest BCUT2D eigenvalue weighted by molar-refractivity contribution is 5.87. The van der Waals surface area contributed by atoms with Crippen molar-refractivity contribution in [2.24, 2.45) is 0 Å². The van der Waals surface area contributed by atoms with Crippen LogP contribution in [0.4, 0.5) is 11.6 Å². The zero-order valence-electron chi connectivity index (χ0n) is 19.0. The first-order valence-corrected chi connectivity index (χ1v) is 10.8. The molecule has 1 saturated heterocycles. The maximum absolute atomic E-state index is 12.4. The number of aryl methyl sites for hydroxylation is 2. The van der Waals surface area contributed by atoms with Crippen molar-refractivity contribution in [3.05, 3.63) is 65.8 Å². The van der Waals surface area contributed by atoms with Crippen LogP contribution < -0.4 is 5.32 Å². The number of aromatic nitrogens is 5. The fourth-order valence-corrected chi connectivity index (χ4v) is 3.99. The third-order valence-electron chi connectivity index (χ3n) is 5.69. The van der Waals surface area contributed by atoms with E-state index in [-0.39, 0.29) is 12.2 Å². The Morgan fingerprint density at radius 1 is 1.00 bits per heavy atom. The van der Waals surface area contributed by atoms with Gasteiger partial charge < -0.3 is 19.8 Å². The van der Waals surface area contributed by atoms with E-state index in [0.717, 1.165) is 17.1 Å². The van der Waals surface area contributed by atoms with E-state index in [2.05, 4.69) is 30.4 Å². The second kappa shape index (κ2) is 8.31. The van der Waals surface area contributed by atoms with Crippen LogP contribution >= 0.6 is 0 Å². The molecule has 10 nitrogen and oxygen atoms in total. The second-order valence-electron chi connectivity index (χ2n) is 8.35. The van der Waals surface area contributed by atoms with E-state index in [9.17, 15) is 9.90 Å². The quantitative estimate of drug-likeness (QED) is 0.464. The number of aliphatic hydroxyl groups is 1. The minimum Gasteiger partial charge on any atom is -0.373 e. The summed E-state index contributed by atoms with van der Waals surface area (Å²) < 4.78 is 5.35. The van der Waals surface area contributed by atoms with Gasteiger partial charge in [-0.1, -0.05) is 11.2 Å². The fraction of sp³-hybridized carbons (Fsp3) is 0.250. The molecular formula is C24H23N7O3. The van der Waals surface area contributed by atoms with Crippen LogP contribution in [-0.2, 0) is 10.4 Å². The van der Waals surface area contributed by atoms with Gasteiger partial charge in [0.1, 0.15) is 5.69 Å². The number of rotatable bonds is 5. The van der Waals surface area contributed by atoms with E-state index in [0.29, 0.717) is 35.3 Å². The molecule has 0 bridgehead atoms. The summed E-state index contributed by atoms with van der Waals surface area (Å²) in [5.74, 6) is 0.141. The summed E-state index contributed by atoms with van der Waals surface area (Å²) >= 11 is 0. The number of carbonyl (C=O) groups excluding carboxylic acids is 1. The van der Waals surface area contributed by atoms with Crippen molar-refractivity contribution in [2.75, 3.05) is 18.9 Å². The lowest BCUT2D eigenvalue weighted by atomic mass is 9.98. The molecule has 0 radical (unpaired) electrons. The molecule has 0 aromatic carbocycles. The summed E-state index contributed by atoms with van der Waals surface area (Å²) in [7, 11) is 1.64. The zero-order chi connectivity index (χ0) is 23.9. The minimum absolute atomic E-state index is 0.112. The Balaban J connectivity index is 1.42. The Labute approximate surface area is 195 Å². The smallest absolute Gasteiger partial charge is 0.262 e. The molecule has 0 unspecified atom stereocenters. The molecule has 172 valence electrons. The van der Waals surface area contributed by atoms with E-state index < -0.39 is 11.5 Å². The molecule has 1 fully saturated rings. The number of amides is 1. The van der Waals surface area contributed by atoms with Crippen LogP contribution in [0.15, 0.2) is 53.2 Å². The molecule has 1 amide bonds. The molecule has 10 heteroatoms. The largest absolute Gasteiger partial charge is 0.373 e. The first-order valence-electron chi connectivity index (χ1n) is 10.8. The monoisotopic (exact) mass is 457 g/mol. The predicted molar refractivity (Wildman–Crippen MR) is 124 cm³/mol. The van der Waals surface area contributed by atoms with Gasteiger partial charge in [0.25, 0.3) is 5.91 Å². The standard InChI is InChI=1S/C24H23N7O3/c1-14-11-16(12-15(2)26-14)27-23-25-9-7-19(29-23)17-5-4-6-18(28-17)20-13-21(34-30-20)24(33)8-10-31(3)22(24)32/h4-7,9,11-13,33H,8,10H2,1-3H3,(H,25,26,27,29)/t24-/m1/s1. The molecule has 34 heavy (non-hydrogen) atoms. The number of pyridine rings is 2. The minimum atomic E-state index is -1.70. The average molecular weight is 457 g/mol. The highest BCUT2D eigenvalue weighted by Gasteiger charge is 2.48. The van der Waals surface area contributed by atoms with Crippen LogP contribution in [0.25, 0.3) is 22.8 Å². The third-order valence-corrected chi connectivity index (χ3v) is 5.69. The summed E-state index contributed by atoms with van der Waals surface area (Å²) in [6.45, 7) is 4.31. The molecule has 5 rings (SSSR count). The van der Waals surface area contributed by atoms with Crippen LogP contribution in [-0.4, -0.2) is 54.6 Å². The molecule has 4 aromatic heterocycles. The number of anilines is 2. The van der Waals surface area contributed by atoms with Crippen molar-refractivity contribution < 1.29 is 14.4 Å². The Bertz CT molecular complexity index is 1370. The van der Waals surface area contributed by atoms with Crippen LogP contribution in [0.5, 0.6) is 0 Å². The number of likely N-dealkylation sites (tertiary alicyclic amines) is 1. The Morgan fingerprint density at radius 3 is 2.41 bits per heavy atom. The molecule has 2 N–H and O–H groups in total. The molecule has 1 aliphatic rings. The molecule has 0 spiro atoms. The van der Waals surface area contributed by atoms with Gasteiger partial charge in [0.05, 0.1) is 17.1 Å². The number of nitrogens with one attached hydrogen (secondary N) is 1. The van der Waals surface area contributed by atoms with Gasteiger partial charge in [-0.15, -0.1) is 0 Å². The lowest BCUT2D eigenvalue weighted by Gasteiger charge is -2.16. The van der Waals surface area contributed by atoms with E-state index in [1.807, 2.05) is 38.1 Å². The fourth-order valence-electron chi connectivity index (χ4n) is 3.99. The van der Waals surface area contributed by atoms with Crippen LogP contribution in [0.2, 0.25) is 0 Å². The van der Waals surface area contributed by atoms with Crippen molar-refractivity contribution in [2.45, 2.75) is 25.9 Å². The molecule has 1 aliphatic heterocycles. The number of likely N-dealkylation sites (N-methyl/N-ethyl adjacent to an activating group) is 1. The highest BCUT2D eigenvalue weighted by atomic mass is 16.5. The summed E-state index contributed by atoms with van der Waals surface area (Å²) in [5, 5.41) is 18.1. The van der Waals surface area contributed by atoms with Gasteiger partial charge in [0.15, 0.2) is 5.76 Å². The molecule has 0 saturated carbocycles. The lowest BCUT2D eigenvalue weighted by Crippen LogP contribution is -2.35. The van der Waals surface area contributed by atoms with Crippen LogP contribution in [0.3, 0.4) is 0 Å². The normalized spacial score (nSPS) is 17.9. The maximum Gasteiger partial charge on any atom is 0.262 e. The molecule has 5 heterocycles. The van der Waals surface area contributed by atoms with E-state index in [1.165, 1.54) is 4.90 Å². The number of hydrogen-bond acceptors (Lipinski definition) is 9. The summed E-state index contributed by atoms with van der Waals surface area (Å²) in [6, 6.07) is 12.6. The van der Waals surface area contributed by atoms with Crippen LogP contribution in [0.1, 0.15) is 23.6 Å². The first-order chi connectivity index (χ1) is 16.3. The van der Waals surface area contributed by atoms with Crippen molar-refractivity contribution >= 4 is 17.5 Å². The van der Waals surface area contributed by atoms with Gasteiger partial charge in [0.2, 0.25) is 11.5 Å². The summed E-state index contributed by atoms with van der Waals surface area (Å²) in [4.78, 5) is 31.8. The van der Waals surface area contributed by atoms with Gasteiger partial charge in [0, 0.05) is 49.4 Å². The van der Waals surface area contributed by atoms with Crippen LogP contribution in [0, 0.1) is 13.8 Å². The average Bonchev–Trinajstić information content (AvgIpc) is 3.41. The van der Waals surface area contributed by atoms with Crippen molar-refractivity contribution in [3.63, 3.8) is 0 Å². The van der Waals surface area contributed by atoms with Gasteiger partial charge in [-0.05, 0) is 44.2 Å². The van der Waals surface area contributed by atoms with E-state index in [4.69, 9.17) is 4.52 Å². The summed E-state index contributed by atoms with van der Waals surface area (Å²) in [6.07, 6.45) is 1.91. The Morgan fingerprint density at radius 2 is 1.71 bits per heavy atom. The second-order valence-corrected chi connectivity index (χ2v) is 8.35. The van der Waals surface area contributed by atoms with Gasteiger partial charge in [-0.25, -0.2) is 15.0 Å². The third kappa shape index (κ3) is 3.99. The van der Waals surface area contributed by atoms with Crippen molar-refractivity contribution in [3.8, 4) is 22.8 Å². The molecule has 1 atom stereocenters. The topological polar surface area (TPSA) is 130 Å². The van der Waals surface area contributed by atoms with Crippen molar-refractivity contribution in [1.29, 1.82) is 0 Å². The SMILES string of the molecule is Cc1cc(Nc2nccc(-c3cccc(-c4cc([C@]5(O)CCN(C)C5=O)on4)n3)n2)cc(C)n1. The number of hydrogen-bond donors (Lipinski definition) is 2. The molecular weight excluding hydrogens is 434 g/mol. The number of nitrogens with zero attached hydrogens (tertiary/aromatic N) is 6. The van der Waals surface area contributed by atoms with Gasteiger partial charge in [-0.3, -0.25) is 9.78 Å². The zero-order valence-corrected chi connectivity index (χ0v) is 19.0. The Hall–Kier alpha value is -4.18. The van der Waals surface area contributed by atoms with Crippen molar-refractivity contribution in [1.82, 2.24) is 30.0 Å². The summed E-state index contributed by atoms with van der Waals surface area (Å²) in [5.41, 5.74) is 3.14. The number of carbonyl (C=O) groups is 1. The molecule has 0 aliphatic carbocycles. The predicted octanol–water partition coefficient (Wildman–Crippen LogP) is 3.00. The maximum atomic E-state index is 12.4. The lowest BCUT2D eigenvalue weighted by molar-refractivity contribution is -0.144. The van der Waals surface area contributed by atoms with Gasteiger partial charge in [-0.2, -0.15) is 0 Å². The van der Waals surface area contributed by atoms with Gasteiger partial charge >= 0.3 is 0 Å². The first kappa shape index (κ1) is 21.7.